The van der Waals surface area contributed by atoms with Crippen molar-refractivity contribution in [2.75, 3.05) is 45.2 Å². The van der Waals surface area contributed by atoms with Crippen molar-refractivity contribution in [1.29, 1.82) is 5.26 Å². The van der Waals surface area contributed by atoms with Crippen LogP contribution in [0.5, 0.6) is 0 Å². The molecule has 5 heterocycles. The van der Waals surface area contributed by atoms with E-state index in [4.69, 9.17) is 4.98 Å². The Morgan fingerprint density at radius 3 is 2.35 bits per heavy atom. The van der Waals surface area contributed by atoms with E-state index in [0.29, 0.717) is 5.56 Å². The Kier molecular flexibility index (Phi) is 7.90. The SMILES string of the molecule is CCc1ccc(CN2CCN(c3ccc(-c4cc(-c5cnn(CC(=O)N(C)C)c5)cn5ncc(C#N)c45)cn3)CC2)cc1. The average molecular weight is 574 g/mol. The zero-order valence-corrected chi connectivity index (χ0v) is 24.8. The monoisotopic (exact) mass is 573 g/mol. The molecule has 0 bridgehead atoms. The first-order valence-corrected chi connectivity index (χ1v) is 14.6. The molecule has 0 atom stereocenters. The number of carbonyl (C=O) groups excluding carboxylic acids is 1. The summed E-state index contributed by atoms with van der Waals surface area (Å²) in [5.41, 5.74) is 7.45. The molecule has 0 aliphatic carbocycles. The van der Waals surface area contributed by atoms with Gasteiger partial charge in [-0.05, 0) is 35.7 Å². The normalized spacial score (nSPS) is 13.8. The molecule has 1 saturated heterocycles. The third-order valence-corrected chi connectivity index (χ3v) is 8.09. The number of aryl methyl sites for hydroxylation is 1. The number of fused-ring (bicyclic) bond motifs is 1. The van der Waals surface area contributed by atoms with Gasteiger partial charge in [-0.1, -0.05) is 31.2 Å². The molecule has 4 aromatic heterocycles. The van der Waals surface area contributed by atoms with E-state index in [2.05, 4.69) is 69.4 Å². The maximum absolute atomic E-state index is 12.2. The first kappa shape index (κ1) is 28.1. The molecule has 0 spiro atoms. The number of aromatic nitrogens is 5. The first-order chi connectivity index (χ1) is 20.9. The quantitative estimate of drug-likeness (QED) is 0.276. The van der Waals surface area contributed by atoms with Crippen molar-refractivity contribution in [2.24, 2.45) is 0 Å². The highest BCUT2D eigenvalue weighted by Crippen LogP contribution is 2.32. The highest BCUT2D eigenvalue weighted by atomic mass is 16.2. The summed E-state index contributed by atoms with van der Waals surface area (Å²) in [6.07, 6.45) is 10.0. The molecule has 1 fully saturated rings. The molecule has 0 radical (unpaired) electrons. The van der Waals surface area contributed by atoms with Crippen LogP contribution in [-0.4, -0.2) is 80.4 Å². The third kappa shape index (κ3) is 5.98. The number of carbonyl (C=O) groups is 1. The molecule has 1 aliphatic heterocycles. The fraction of sp³-hybridized carbons (Fsp3) is 0.303. The van der Waals surface area contributed by atoms with Crippen LogP contribution in [0.25, 0.3) is 27.8 Å². The summed E-state index contributed by atoms with van der Waals surface area (Å²) in [6, 6.07) is 17.4. The number of benzene rings is 1. The van der Waals surface area contributed by atoms with Gasteiger partial charge in [-0.2, -0.15) is 15.5 Å². The lowest BCUT2D eigenvalue weighted by atomic mass is 10.0. The number of amides is 1. The Morgan fingerprint density at radius 1 is 0.907 bits per heavy atom. The molecule has 6 rings (SSSR count). The lowest BCUT2D eigenvalue weighted by Gasteiger charge is -2.35. The van der Waals surface area contributed by atoms with Gasteiger partial charge >= 0.3 is 0 Å². The lowest BCUT2D eigenvalue weighted by molar-refractivity contribution is -0.129. The van der Waals surface area contributed by atoms with Crippen molar-refractivity contribution in [3.8, 4) is 28.3 Å². The lowest BCUT2D eigenvalue weighted by Crippen LogP contribution is -2.46. The zero-order chi connectivity index (χ0) is 29.9. The number of nitrogens with zero attached hydrogens (tertiary/aromatic N) is 9. The van der Waals surface area contributed by atoms with Crippen LogP contribution < -0.4 is 4.90 Å². The van der Waals surface area contributed by atoms with E-state index in [-0.39, 0.29) is 12.5 Å². The zero-order valence-electron chi connectivity index (χ0n) is 24.8. The Bertz CT molecular complexity index is 1770. The highest BCUT2D eigenvalue weighted by Gasteiger charge is 2.20. The molecule has 218 valence electrons. The second-order valence-electron chi connectivity index (χ2n) is 11.2. The van der Waals surface area contributed by atoms with Crippen molar-refractivity contribution in [3.63, 3.8) is 0 Å². The number of nitriles is 1. The van der Waals surface area contributed by atoms with E-state index < -0.39 is 0 Å². The molecule has 1 aromatic carbocycles. The van der Waals surface area contributed by atoms with Gasteiger partial charge in [0.15, 0.2) is 0 Å². The maximum Gasteiger partial charge on any atom is 0.243 e. The summed E-state index contributed by atoms with van der Waals surface area (Å²) < 4.78 is 3.36. The van der Waals surface area contributed by atoms with E-state index in [1.165, 1.54) is 11.1 Å². The average Bonchev–Trinajstić information content (AvgIpc) is 3.68. The largest absolute Gasteiger partial charge is 0.354 e. The molecule has 43 heavy (non-hydrogen) atoms. The number of rotatable bonds is 8. The first-order valence-electron chi connectivity index (χ1n) is 14.6. The molecule has 0 unspecified atom stereocenters. The van der Waals surface area contributed by atoms with Crippen LogP contribution in [0.15, 0.2) is 73.4 Å². The van der Waals surface area contributed by atoms with Crippen molar-refractivity contribution in [3.05, 3.63) is 90.1 Å². The fourth-order valence-electron chi connectivity index (χ4n) is 5.47. The Hall–Kier alpha value is -5.01. The fourth-order valence-corrected chi connectivity index (χ4v) is 5.47. The van der Waals surface area contributed by atoms with Gasteiger partial charge in [-0.25, -0.2) is 9.50 Å². The summed E-state index contributed by atoms with van der Waals surface area (Å²) in [7, 11) is 3.45. The summed E-state index contributed by atoms with van der Waals surface area (Å²) >= 11 is 0. The number of hydrogen-bond acceptors (Lipinski definition) is 7. The minimum absolute atomic E-state index is 0.0363. The van der Waals surface area contributed by atoms with E-state index in [1.54, 1.807) is 40.6 Å². The molecular weight excluding hydrogens is 538 g/mol. The Labute approximate surface area is 251 Å². The molecule has 10 heteroatoms. The van der Waals surface area contributed by atoms with Crippen LogP contribution in [0, 0.1) is 11.3 Å². The number of pyridine rings is 2. The minimum Gasteiger partial charge on any atom is -0.354 e. The topological polar surface area (TPSA) is 98.6 Å². The van der Waals surface area contributed by atoms with Crippen molar-refractivity contribution >= 4 is 17.2 Å². The molecule has 0 saturated carbocycles. The van der Waals surface area contributed by atoms with Crippen LogP contribution in [0.3, 0.4) is 0 Å². The van der Waals surface area contributed by atoms with Crippen LogP contribution in [0.2, 0.25) is 0 Å². The van der Waals surface area contributed by atoms with E-state index in [9.17, 15) is 10.1 Å². The van der Waals surface area contributed by atoms with Gasteiger partial charge in [0.25, 0.3) is 0 Å². The Balaban J connectivity index is 1.20. The smallest absolute Gasteiger partial charge is 0.243 e. The molecular formula is C33H35N9O. The van der Waals surface area contributed by atoms with Gasteiger partial charge in [0, 0.05) is 87.7 Å². The van der Waals surface area contributed by atoms with Crippen LogP contribution >= 0.6 is 0 Å². The van der Waals surface area contributed by atoms with Gasteiger partial charge in [-0.15, -0.1) is 0 Å². The molecule has 0 N–H and O–H groups in total. The molecule has 10 nitrogen and oxygen atoms in total. The number of hydrogen-bond donors (Lipinski definition) is 0. The van der Waals surface area contributed by atoms with Crippen LogP contribution in [0.1, 0.15) is 23.6 Å². The van der Waals surface area contributed by atoms with Crippen molar-refractivity contribution in [1.82, 2.24) is 34.2 Å². The van der Waals surface area contributed by atoms with Crippen LogP contribution in [0.4, 0.5) is 5.82 Å². The van der Waals surface area contributed by atoms with Crippen LogP contribution in [-0.2, 0) is 24.3 Å². The third-order valence-electron chi connectivity index (χ3n) is 8.09. The second-order valence-corrected chi connectivity index (χ2v) is 11.2. The molecule has 5 aromatic rings. The highest BCUT2D eigenvalue weighted by molar-refractivity contribution is 5.87. The Morgan fingerprint density at radius 2 is 1.67 bits per heavy atom. The molecule has 1 aliphatic rings. The summed E-state index contributed by atoms with van der Waals surface area (Å²) in [5.74, 6) is 0.912. The predicted octanol–water partition coefficient (Wildman–Crippen LogP) is 4.10. The van der Waals surface area contributed by atoms with Gasteiger partial charge in [0.1, 0.15) is 18.4 Å². The number of anilines is 1. The molecule has 1 amide bonds. The standard InChI is InChI=1S/C33H35N9O/c1-4-24-5-7-25(8-6-24)20-39-11-13-40(14-12-39)31-10-9-26(17-35-31)30-15-27(22-42-33(30)28(16-34)18-37-42)29-19-36-41(21-29)23-32(43)38(2)3/h5-10,15,17-19,21-22H,4,11-14,20,23H2,1-3H3. The van der Waals surface area contributed by atoms with E-state index in [1.807, 2.05) is 24.7 Å². The minimum atomic E-state index is -0.0363. The number of piperazine rings is 1. The number of likely N-dealkylation sites (N-methyl/N-ethyl adjacent to an activating group) is 1. The van der Waals surface area contributed by atoms with E-state index in [0.717, 1.165) is 72.7 Å². The van der Waals surface area contributed by atoms with Gasteiger partial charge in [-0.3, -0.25) is 14.4 Å². The second kappa shape index (κ2) is 12.1. The summed E-state index contributed by atoms with van der Waals surface area (Å²) in [4.78, 5) is 23.4. The summed E-state index contributed by atoms with van der Waals surface area (Å²) in [5, 5.41) is 18.6. The van der Waals surface area contributed by atoms with E-state index >= 15 is 0 Å². The van der Waals surface area contributed by atoms with Crippen molar-refractivity contribution in [2.45, 2.75) is 26.4 Å². The predicted molar refractivity (Wildman–Crippen MR) is 166 cm³/mol. The van der Waals surface area contributed by atoms with Crippen molar-refractivity contribution < 1.29 is 4.79 Å². The summed E-state index contributed by atoms with van der Waals surface area (Å²) in [6.45, 7) is 7.11. The van der Waals surface area contributed by atoms with Gasteiger partial charge in [0.05, 0.1) is 23.5 Å². The van der Waals surface area contributed by atoms with Gasteiger partial charge in [0.2, 0.25) is 5.91 Å². The van der Waals surface area contributed by atoms with Gasteiger partial charge < -0.3 is 9.80 Å². The maximum atomic E-state index is 12.2.